The predicted molar refractivity (Wildman–Crippen MR) is 133 cm³/mol. The predicted octanol–water partition coefficient (Wildman–Crippen LogP) is 6.32. The Kier molecular flexibility index (Phi) is 7.34. The minimum Gasteiger partial charge on any atom is -0.497 e. The molecule has 1 heterocycles. The number of hydrogen-bond acceptors (Lipinski definition) is 5. The van der Waals surface area contributed by atoms with Crippen LogP contribution in [0.1, 0.15) is 56.1 Å². The van der Waals surface area contributed by atoms with E-state index in [9.17, 15) is 9.59 Å². The van der Waals surface area contributed by atoms with Crippen molar-refractivity contribution in [2.24, 2.45) is 0 Å². The second-order valence-corrected chi connectivity index (χ2v) is 9.35. The van der Waals surface area contributed by atoms with Crippen molar-refractivity contribution in [3.8, 4) is 5.75 Å². The van der Waals surface area contributed by atoms with Crippen molar-refractivity contribution < 1.29 is 19.1 Å². The molecule has 5 nitrogen and oxygen atoms in total. The van der Waals surface area contributed by atoms with Crippen LogP contribution in [0.15, 0.2) is 65.0 Å². The second-order valence-electron chi connectivity index (χ2n) is 8.57. The fourth-order valence-corrected chi connectivity index (χ4v) is 5.17. The Bertz CT molecular complexity index is 1180. The normalized spacial score (nSPS) is 20.1. The minimum absolute atomic E-state index is 0.0153. The van der Waals surface area contributed by atoms with Crippen molar-refractivity contribution in [2.45, 2.75) is 44.9 Å². The smallest absolute Gasteiger partial charge is 0.336 e. The van der Waals surface area contributed by atoms with E-state index in [1.54, 1.807) is 19.2 Å². The Labute approximate surface area is 209 Å². The van der Waals surface area contributed by atoms with E-state index in [4.69, 9.17) is 32.7 Å². The van der Waals surface area contributed by atoms with Crippen LogP contribution in [0, 0.1) is 0 Å². The zero-order chi connectivity index (χ0) is 24.4. The lowest BCUT2D eigenvalue weighted by molar-refractivity contribution is -0.139. The maximum absolute atomic E-state index is 13.6. The molecule has 0 unspecified atom stereocenters. The highest BCUT2D eigenvalue weighted by molar-refractivity contribution is 6.42. The zero-order valence-electron chi connectivity index (χ0n) is 19.4. The lowest BCUT2D eigenvalue weighted by Crippen LogP contribution is -2.36. The van der Waals surface area contributed by atoms with Crippen molar-refractivity contribution in [2.75, 3.05) is 13.7 Å². The molecule has 0 saturated heterocycles. The van der Waals surface area contributed by atoms with E-state index in [1.165, 1.54) is 0 Å². The van der Waals surface area contributed by atoms with Gasteiger partial charge in [0.25, 0.3) is 0 Å². The highest BCUT2D eigenvalue weighted by Crippen LogP contribution is 2.48. The average molecular weight is 500 g/mol. The fourth-order valence-electron chi connectivity index (χ4n) is 4.75. The summed E-state index contributed by atoms with van der Waals surface area (Å²) in [6.45, 7) is 4.06. The van der Waals surface area contributed by atoms with Gasteiger partial charge in [0.2, 0.25) is 0 Å². The van der Waals surface area contributed by atoms with Crippen LogP contribution >= 0.6 is 23.2 Å². The van der Waals surface area contributed by atoms with Gasteiger partial charge >= 0.3 is 5.97 Å². The molecule has 7 heteroatoms. The Balaban J connectivity index is 1.79. The van der Waals surface area contributed by atoms with Crippen molar-refractivity contribution in [1.29, 1.82) is 0 Å². The Morgan fingerprint density at radius 3 is 2.53 bits per heavy atom. The van der Waals surface area contributed by atoms with E-state index in [-0.39, 0.29) is 11.7 Å². The third-order valence-corrected chi connectivity index (χ3v) is 7.20. The van der Waals surface area contributed by atoms with Gasteiger partial charge in [-0.25, -0.2) is 4.79 Å². The third kappa shape index (κ3) is 4.59. The molecular formula is C27H27Cl2NO4. The third-order valence-electron chi connectivity index (χ3n) is 6.36. The highest BCUT2D eigenvalue weighted by atomic mass is 35.5. The number of rotatable bonds is 6. The number of carbonyl (C=O) groups excluding carboxylic acids is 2. The van der Waals surface area contributed by atoms with Gasteiger partial charge in [0.1, 0.15) is 5.75 Å². The Hall–Kier alpha value is -2.76. The number of esters is 1. The average Bonchev–Trinajstić information content (AvgIpc) is 2.83. The maximum atomic E-state index is 13.6. The molecule has 0 radical (unpaired) electrons. The molecule has 1 aliphatic carbocycles. The molecule has 0 saturated carbocycles. The van der Waals surface area contributed by atoms with Gasteiger partial charge in [-0.05, 0) is 55.0 Å². The van der Waals surface area contributed by atoms with Crippen LogP contribution in [0.25, 0.3) is 0 Å². The first-order chi connectivity index (χ1) is 16.3. The van der Waals surface area contributed by atoms with E-state index in [0.29, 0.717) is 58.3 Å². The molecule has 34 heavy (non-hydrogen) atoms. The van der Waals surface area contributed by atoms with E-state index in [0.717, 1.165) is 17.0 Å². The number of ketones is 1. The van der Waals surface area contributed by atoms with Gasteiger partial charge in [-0.2, -0.15) is 0 Å². The summed E-state index contributed by atoms with van der Waals surface area (Å²) >= 11 is 12.9. The Morgan fingerprint density at radius 1 is 1.12 bits per heavy atom. The standard InChI is InChI=1S/C27H27Cl2NO4/c1-4-12-34-27(32)23-15(2)30-21-13-17(16-8-10-18(33-3)11-9-16)14-22(31)25(21)24(23)19-6-5-7-20(28)26(19)29/h5-11,17,24,30H,4,12-14H2,1-3H3/t17-,24+/m1/s1. The van der Waals surface area contributed by atoms with Gasteiger partial charge in [0.05, 0.1) is 29.3 Å². The quantitative estimate of drug-likeness (QED) is 0.471. The SMILES string of the molecule is CCCOC(=O)C1=C(C)NC2=C(C(=O)C[C@H](c3ccc(OC)cc3)C2)[C@H]1c1cccc(Cl)c1Cl. The largest absolute Gasteiger partial charge is 0.497 e. The van der Waals surface area contributed by atoms with Gasteiger partial charge in [-0.3, -0.25) is 4.79 Å². The summed E-state index contributed by atoms with van der Waals surface area (Å²) in [5.41, 5.74) is 4.11. The molecule has 0 bridgehead atoms. The van der Waals surface area contributed by atoms with Crippen LogP contribution in [0.3, 0.4) is 0 Å². The van der Waals surface area contributed by atoms with Crippen molar-refractivity contribution in [1.82, 2.24) is 5.32 Å². The molecule has 1 aliphatic heterocycles. The number of allylic oxidation sites excluding steroid dienone is 3. The molecular weight excluding hydrogens is 473 g/mol. The zero-order valence-corrected chi connectivity index (χ0v) is 20.9. The van der Waals surface area contributed by atoms with Crippen LogP contribution in [0.4, 0.5) is 0 Å². The monoisotopic (exact) mass is 499 g/mol. The lowest BCUT2D eigenvalue weighted by atomic mass is 9.71. The van der Waals surface area contributed by atoms with E-state index in [1.807, 2.05) is 44.2 Å². The van der Waals surface area contributed by atoms with Crippen LogP contribution in [-0.2, 0) is 14.3 Å². The molecule has 2 aromatic rings. The molecule has 4 rings (SSSR count). The molecule has 2 aromatic carbocycles. The van der Waals surface area contributed by atoms with E-state index in [2.05, 4.69) is 5.32 Å². The summed E-state index contributed by atoms with van der Waals surface area (Å²) in [6, 6.07) is 13.1. The van der Waals surface area contributed by atoms with E-state index < -0.39 is 11.9 Å². The molecule has 0 amide bonds. The number of halogens is 2. The van der Waals surface area contributed by atoms with Crippen molar-refractivity contribution >= 4 is 35.0 Å². The van der Waals surface area contributed by atoms with Gasteiger partial charge in [0.15, 0.2) is 5.78 Å². The first kappa shape index (κ1) is 24.4. The second kappa shape index (κ2) is 10.2. The topological polar surface area (TPSA) is 64.6 Å². The summed E-state index contributed by atoms with van der Waals surface area (Å²) in [7, 11) is 1.63. The van der Waals surface area contributed by atoms with Crippen LogP contribution in [0.5, 0.6) is 5.75 Å². The number of ether oxygens (including phenoxy) is 2. The van der Waals surface area contributed by atoms with Crippen molar-refractivity contribution in [3.63, 3.8) is 0 Å². The number of nitrogens with one attached hydrogen (secondary N) is 1. The van der Waals surface area contributed by atoms with Gasteiger partial charge in [-0.1, -0.05) is 54.4 Å². The molecule has 1 N–H and O–H groups in total. The van der Waals surface area contributed by atoms with E-state index >= 15 is 0 Å². The first-order valence-corrected chi connectivity index (χ1v) is 12.1. The molecule has 0 spiro atoms. The molecule has 2 atom stereocenters. The summed E-state index contributed by atoms with van der Waals surface area (Å²) < 4.78 is 10.8. The summed E-state index contributed by atoms with van der Waals surface area (Å²) in [5, 5.41) is 4.06. The number of benzene rings is 2. The van der Waals surface area contributed by atoms with Crippen molar-refractivity contribution in [3.05, 3.63) is 86.2 Å². The van der Waals surface area contributed by atoms with Gasteiger partial charge in [0, 0.05) is 29.3 Å². The summed E-state index contributed by atoms with van der Waals surface area (Å²) in [4.78, 5) is 26.8. The van der Waals surface area contributed by atoms with Gasteiger partial charge in [-0.15, -0.1) is 0 Å². The molecule has 0 fully saturated rings. The van der Waals surface area contributed by atoms with Crippen LogP contribution < -0.4 is 10.1 Å². The molecule has 0 aromatic heterocycles. The van der Waals surface area contributed by atoms with Crippen LogP contribution in [0.2, 0.25) is 10.0 Å². The number of hydrogen-bond donors (Lipinski definition) is 1. The molecule has 178 valence electrons. The minimum atomic E-state index is -0.642. The van der Waals surface area contributed by atoms with Crippen LogP contribution in [-0.4, -0.2) is 25.5 Å². The number of Topliss-reactive ketones (excluding diaryl/α,β-unsaturated/α-hetero) is 1. The fraction of sp³-hybridized carbons (Fsp3) is 0.333. The summed E-state index contributed by atoms with van der Waals surface area (Å²) in [6.07, 6.45) is 1.67. The molecule has 2 aliphatic rings. The Morgan fingerprint density at radius 2 is 1.85 bits per heavy atom. The van der Waals surface area contributed by atoms with Gasteiger partial charge < -0.3 is 14.8 Å². The maximum Gasteiger partial charge on any atom is 0.336 e. The summed E-state index contributed by atoms with van der Waals surface area (Å²) in [5.74, 6) is -0.336. The number of carbonyl (C=O) groups is 2. The number of dihydropyridines is 1. The highest BCUT2D eigenvalue weighted by Gasteiger charge is 2.42. The lowest BCUT2D eigenvalue weighted by Gasteiger charge is -2.37. The first-order valence-electron chi connectivity index (χ1n) is 11.3. The number of methoxy groups -OCH3 is 1.